The third-order valence-corrected chi connectivity index (χ3v) is 15.7. The molecule has 0 radical (unpaired) electrons. The second kappa shape index (κ2) is 20.2. The van der Waals surface area contributed by atoms with Gasteiger partial charge in [-0.25, -0.2) is 4.98 Å². The van der Waals surface area contributed by atoms with Gasteiger partial charge in [0, 0.05) is 60.7 Å². The van der Waals surface area contributed by atoms with Gasteiger partial charge >= 0.3 is 0 Å². The zero-order valence-electron chi connectivity index (χ0n) is 54.5. The van der Waals surface area contributed by atoms with Gasteiger partial charge in [-0.1, -0.05) is 190 Å². The average Bonchev–Trinajstić information content (AvgIpc) is 1.60. The van der Waals surface area contributed by atoms with Crippen molar-refractivity contribution in [3.63, 3.8) is 0 Å². The second-order valence-corrected chi connectivity index (χ2v) is 21.4. The summed E-state index contributed by atoms with van der Waals surface area (Å²) in [6.45, 7) is 6.63. The Morgan fingerprint density at radius 2 is 1.14 bits per heavy atom. The number of hydrogen-bond donors (Lipinski definition) is 0. The number of hydrogen-bond acceptors (Lipinski definition) is 2. The van der Waals surface area contributed by atoms with E-state index in [1.165, 1.54) is 44.1 Å². The van der Waals surface area contributed by atoms with Gasteiger partial charge in [0.2, 0.25) is 0 Å². The van der Waals surface area contributed by atoms with Crippen molar-refractivity contribution in [3.05, 3.63) is 277 Å². The molecule has 0 aliphatic heterocycles. The number of aryl methyl sites for hydroxylation is 4. The van der Waals surface area contributed by atoms with Crippen LogP contribution in [0.25, 0.3) is 99.8 Å². The molecule has 0 fully saturated rings. The van der Waals surface area contributed by atoms with E-state index in [1.54, 1.807) is 27.3 Å². The molecule has 2 aliphatic rings. The van der Waals surface area contributed by atoms with Gasteiger partial charge in [-0.05, 0) is 123 Å². The van der Waals surface area contributed by atoms with Crippen LogP contribution in [0.4, 0.5) is 0 Å². The Balaban J connectivity index is 0.00000721. The molecular weight excluding hydrogens is 1170 g/mol. The number of nitrogens with zero attached hydrogens (tertiary/aromatic N) is 5. The Kier molecular flexibility index (Phi) is 10.0. The minimum absolute atomic E-state index is 0. The molecule has 0 N–H and O–H groups in total. The van der Waals surface area contributed by atoms with E-state index in [9.17, 15) is 0 Å². The molecule has 0 atom stereocenters. The predicted octanol–water partition coefficient (Wildman–Crippen LogP) is 17.2. The van der Waals surface area contributed by atoms with Gasteiger partial charge in [0.25, 0.3) is 6.33 Å². The first-order chi connectivity index (χ1) is 43.5. The molecule has 4 aromatic heterocycles. The summed E-state index contributed by atoms with van der Waals surface area (Å²) < 4.78 is 103. The van der Waals surface area contributed by atoms with Gasteiger partial charge in [-0.2, -0.15) is 18.2 Å². The van der Waals surface area contributed by atoms with Gasteiger partial charge in [-0.15, -0.1) is 29.7 Å². The molecule has 7 heteroatoms. The number of aromatic nitrogens is 5. The maximum absolute atomic E-state index is 9.13. The van der Waals surface area contributed by atoms with Gasteiger partial charge < -0.3 is 18.4 Å². The molecule has 2 aliphatic carbocycles. The summed E-state index contributed by atoms with van der Waals surface area (Å²) in [6.07, 6.45) is 8.49. The molecule has 4 bridgehead atoms. The van der Waals surface area contributed by atoms with Crippen molar-refractivity contribution < 1.29 is 44.1 Å². The van der Waals surface area contributed by atoms with Gasteiger partial charge in [0.15, 0.2) is 0 Å². The number of ether oxygens (including phenoxy) is 1. The number of imidazole rings is 1. The van der Waals surface area contributed by atoms with Gasteiger partial charge in [-0.3, -0.25) is 4.57 Å². The van der Waals surface area contributed by atoms with Crippen molar-refractivity contribution in [2.45, 2.75) is 51.9 Å². The molecule has 16 rings (SSSR count). The van der Waals surface area contributed by atoms with Crippen LogP contribution in [0.2, 0.25) is 0 Å². The van der Waals surface area contributed by atoms with Crippen molar-refractivity contribution in [1.29, 1.82) is 0 Å². The van der Waals surface area contributed by atoms with Crippen LogP contribution in [0.15, 0.2) is 230 Å². The first kappa shape index (κ1) is 40.1. The molecule has 4 heterocycles. The number of para-hydroxylation sites is 5. The fourth-order valence-corrected chi connectivity index (χ4v) is 12.0. The van der Waals surface area contributed by atoms with Crippen LogP contribution in [0, 0.1) is 18.5 Å². The van der Waals surface area contributed by atoms with E-state index in [1.807, 2.05) is 54.7 Å². The van der Waals surface area contributed by atoms with Crippen LogP contribution >= 0.6 is 0 Å². The van der Waals surface area contributed by atoms with Crippen molar-refractivity contribution >= 4 is 54.6 Å². The maximum atomic E-state index is 9.13. The molecule has 0 saturated heterocycles. The predicted molar refractivity (Wildman–Crippen MR) is 325 cm³/mol. The molecule has 0 unspecified atom stereocenters. The van der Waals surface area contributed by atoms with Gasteiger partial charge in [0.1, 0.15) is 5.82 Å². The summed E-state index contributed by atoms with van der Waals surface area (Å²) in [5, 5.41) is 4.74. The first-order valence-electron chi connectivity index (χ1n) is 32.0. The Morgan fingerprint density at radius 3 is 1.84 bits per heavy atom. The largest absolute Gasteiger partial charge is 0.510 e. The standard InChI is InChI=1S/C74H55N5O.Pt/c1-74(2,3)55-43-44-75-68(45-55)79-67-47-59(41-42-63(67)70-52-34-33-51-35-37-53(39-40-54(38-36-52)72(70)79)71-69(51)62-27-13-14-30-64(62)78(71)56-23-11-6-12-24-56)80-58-26-17-25-57(46-58)76-48-77(66-32-16-15-31-65(66)76)73-60(49-19-7-4-8-20-49)28-18-29-61(73)50-21-9-5-10-22-50;/h4-32,35-38,41-45H,33-34,39-40H2,1-3H3;/q-2;/i4D,5D,7D,8D,9D,10D,19D,20D,21D,22D;. The average molecular weight is 1240 g/mol. The molecule has 394 valence electrons. The second-order valence-electron chi connectivity index (χ2n) is 21.4. The molecule has 0 amide bonds. The van der Waals surface area contributed by atoms with E-state index >= 15 is 0 Å². The summed E-state index contributed by atoms with van der Waals surface area (Å²) in [5.74, 6) is 1.57. The summed E-state index contributed by atoms with van der Waals surface area (Å²) in [4.78, 5) is 5.13. The summed E-state index contributed by atoms with van der Waals surface area (Å²) >= 11 is 0. The third-order valence-electron chi connectivity index (χ3n) is 15.7. The molecule has 0 spiro atoms. The van der Waals surface area contributed by atoms with Crippen molar-refractivity contribution in [3.8, 4) is 56.6 Å². The Morgan fingerprint density at radius 1 is 0.543 bits per heavy atom. The minimum Gasteiger partial charge on any atom is -0.510 e. The summed E-state index contributed by atoms with van der Waals surface area (Å²) in [7, 11) is 0. The number of rotatable bonds is 8. The zero-order chi connectivity index (χ0) is 62.2. The molecule has 0 saturated carbocycles. The molecule has 10 aromatic carbocycles. The van der Waals surface area contributed by atoms with Crippen molar-refractivity contribution in [2.24, 2.45) is 0 Å². The first-order valence-corrected chi connectivity index (χ1v) is 27.0. The molecular formula is C74H55N5OPt-2. The molecule has 6 nitrogen and oxygen atoms in total. The number of benzene rings is 10. The van der Waals surface area contributed by atoms with Gasteiger partial charge in [0.05, 0.1) is 41.5 Å². The Bertz CT molecular complexity index is 5210. The quantitative estimate of drug-likeness (QED) is 0.112. The fourth-order valence-electron chi connectivity index (χ4n) is 12.0. The number of pyridine rings is 1. The fraction of sp³-hybridized carbons (Fsp3) is 0.108. The van der Waals surface area contributed by atoms with Crippen LogP contribution < -0.4 is 9.30 Å². The smallest absolute Gasteiger partial charge is 0.268 e. The maximum Gasteiger partial charge on any atom is 0.268 e. The Labute approximate surface area is 500 Å². The van der Waals surface area contributed by atoms with Crippen LogP contribution in [0.3, 0.4) is 0 Å². The number of fused-ring (bicyclic) bond motifs is 8. The van der Waals surface area contributed by atoms with Crippen molar-refractivity contribution in [1.82, 2.24) is 18.7 Å². The monoisotopic (exact) mass is 1230 g/mol. The van der Waals surface area contributed by atoms with E-state index < -0.39 is 60.4 Å². The van der Waals surface area contributed by atoms with Crippen LogP contribution in [-0.2, 0) is 52.2 Å². The normalized spacial score (nSPS) is 14.3. The van der Waals surface area contributed by atoms with Crippen LogP contribution in [-0.4, -0.2) is 18.7 Å². The third kappa shape index (κ3) is 8.60. The van der Waals surface area contributed by atoms with E-state index in [2.05, 4.69) is 145 Å². The van der Waals surface area contributed by atoms with Crippen LogP contribution in [0.1, 0.15) is 62.3 Å². The minimum atomic E-state index is -0.574. The van der Waals surface area contributed by atoms with E-state index in [0.29, 0.717) is 28.2 Å². The Hall–Kier alpha value is -9.09. The SMILES string of the molecule is [2H]c1c([2H])c([2H])c(-c2cccc(-c3c([2H])c([2H])c([2H])c([2H])c3[2H])c2-[n+]2[c-]n(-c3[c-]c(Oc4[c-]c5c(cc4)c4c6ccc(c4n5-c4cc(C(C)(C)C)ccn4)CCc4ccc(c5c7ccccc7n(-c7ccccc7)c45)CC6)ccc3)c3ccccc32)c([2H])c1[2H].[Pt]. The van der Waals surface area contributed by atoms with Crippen molar-refractivity contribution in [2.75, 3.05) is 0 Å². The molecule has 81 heavy (non-hydrogen) atoms. The van der Waals surface area contributed by atoms with Crippen LogP contribution in [0.5, 0.6) is 11.5 Å². The zero-order valence-corrected chi connectivity index (χ0v) is 46.7. The molecule has 14 aromatic rings. The van der Waals surface area contributed by atoms with E-state index in [0.717, 1.165) is 64.6 Å². The van der Waals surface area contributed by atoms with E-state index in [-0.39, 0.29) is 54.4 Å². The topological polar surface area (TPSA) is 40.8 Å². The summed E-state index contributed by atoms with van der Waals surface area (Å²) in [5.41, 5.74) is 13.2. The summed E-state index contributed by atoms with van der Waals surface area (Å²) in [6, 6.07) is 56.8. The van der Waals surface area contributed by atoms with E-state index in [4.69, 9.17) is 23.4 Å².